The number of halogens is 1. The largest absolute Gasteiger partial charge is 0.479 e. The molecule has 0 saturated heterocycles. The van der Waals surface area contributed by atoms with Crippen molar-refractivity contribution >= 4 is 50.8 Å². The number of hydrogen-bond acceptors (Lipinski definition) is 5. The number of thiophene rings is 1. The molecule has 1 amide bonds. The van der Waals surface area contributed by atoms with Crippen molar-refractivity contribution in [2.24, 2.45) is 0 Å². The normalized spacial score (nSPS) is 10.2. The van der Waals surface area contributed by atoms with Crippen molar-refractivity contribution in [1.29, 1.82) is 0 Å². The van der Waals surface area contributed by atoms with Crippen molar-refractivity contribution in [3.05, 3.63) is 33.6 Å². The molecule has 0 saturated carbocycles. The van der Waals surface area contributed by atoms with E-state index < -0.39 is 18.5 Å². The molecule has 0 aliphatic rings. The molecular formula is C15H12BrNO6S. The van der Waals surface area contributed by atoms with E-state index in [4.69, 9.17) is 9.84 Å². The van der Waals surface area contributed by atoms with E-state index in [-0.39, 0.29) is 16.5 Å². The molecule has 0 spiro atoms. The number of ether oxygens (including phenoxy) is 1. The molecule has 24 heavy (non-hydrogen) atoms. The Morgan fingerprint density at radius 1 is 1.21 bits per heavy atom. The number of hydrogen-bond donors (Lipinski definition) is 3. The maximum atomic E-state index is 11.4. The first-order valence-corrected chi connectivity index (χ1v) is 8.18. The second-order valence-corrected chi connectivity index (χ2v) is 6.46. The van der Waals surface area contributed by atoms with Crippen molar-refractivity contribution in [2.75, 3.05) is 11.9 Å². The van der Waals surface area contributed by atoms with Gasteiger partial charge in [-0.2, -0.15) is 0 Å². The predicted octanol–water partition coefficient (Wildman–Crippen LogP) is 3.30. The first-order valence-electron chi connectivity index (χ1n) is 6.57. The van der Waals surface area contributed by atoms with Crippen LogP contribution in [0.25, 0.3) is 10.4 Å². The highest BCUT2D eigenvalue weighted by molar-refractivity contribution is 9.10. The molecule has 0 aliphatic heterocycles. The fourth-order valence-electron chi connectivity index (χ4n) is 1.89. The van der Waals surface area contributed by atoms with E-state index in [1.807, 2.05) is 0 Å². The summed E-state index contributed by atoms with van der Waals surface area (Å²) in [7, 11) is 0. The molecule has 1 aromatic heterocycles. The molecule has 1 aromatic carbocycles. The average Bonchev–Trinajstić information content (AvgIpc) is 2.82. The Morgan fingerprint density at radius 3 is 2.33 bits per heavy atom. The molecule has 0 radical (unpaired) electrons. The molecule has 126 valence electrons. The Bertz CT molecular complexity index is 799. The number of amides is 1. The number of carbonyl (C=O) groups is 3. The summed E-state index contributed by atoms with van der Waals surface area (Å²) in [5.74, 6) is -2.62. The van der Waals surface area contributed by atoms with E-state index in [0.717, 1.165) is 11.3 Å². The molecule has 0 unspecified atom stereocenters. The highest BCUT2D eigenvalue weighted by Crippen LogP contribution is 2.45. The first kappa shape index (κ1) is 18.0. The smallest absolute Gasteiger partial charge is 0.349 e. The number of rotatable bonds is 6. The molecule has 1 heterocycles. The van der Waals surface area contributed by atoms with Crippen LogP contribution in [0.5, 0.6) is 5.75 Å². The van der Waals surface area contributed by atoms with Crippen LogP contribution in [0.2, 0.25) is 0 Å². The molecule has 0 bridgehead atoms. The average molecular weight is 414 g/mol. The van der Waals surface area contributed by atoms with Crippen LogP contribution in [0.1, 0.15) is 16.6 Å². The molecule has 0 fully saturated rings. The highest BCUT2D eigenvalue weighted by atomic mass is 79.9. The van der Waals surface area contributed by atoms with E-state index >= 15 is 0 Å². The van der Waals surface area contributed by atoms with Crippen molar-refractivity contribution < 1.29 is 29.3 Å². The number of anilines is 1. The minimum absolute atomic E-state index is 0.0177. The maximum Gasteiger partial charge on any atom is 0.349 e. The number of benzene rings is 1. The standard InChI is InChI=1S/C15H12BrNO6S/c1-7(18)17-9-4-2-8(3-5-9)13-11(16)12(23-6-10(19)20)14(24-13)15(21)22/h2-5H,6H2,1H3,(H,17,18)(H,19,20)(H,21,22). The van der Waals surface area contributed by atoms with Gasteiger partial charge >= 0.3 is 11.9 Å². The Balaban J connectivity index is 2.39. The lowest BCUT2D eigenvalue weighted by Gasteiger charge is -2.05. The van der Waals surface area contributed by atoms with E-state index in [9.17, 15) is 19.5 Å². The van der Waals surface area contributed by atoms with Crippen molar-refractivity contribution in [2.45, 2.75) is 6.92 Å². The Labute approximate surface area is 149 Å². The first-order chi connectivity index (χ1) is 11.3. The highest BCUT2D eigenvalue weighted by Gasteiger charge is 2.24. The SMILES string of the molecule is CC(=O)Nc1ccc(-c2sc(C(=O)O)c(OCC(=O)O)c2Br)cc1. The number of aliphatic carboxylic acids is 1. The zero-order valence-corrected chi connectivity index (χ0v) is 14.7. The van der Waals surface area contributed by atoms with Crippen LogP contribution in [-0.2, 0) is 9.59 Å². The van der Waals surface area contributed by atoms with Crippen LogP contribution in [0.3, 0.4) is 0 Å². The second-order valence-electron chi connectivity index (χ2n) is 4.65. The van der Waals surface area contributed by atoms with Gasteiger partial charge in [0.15, 0.2) is 17.2 Å². The van der Waals surface area contributed by atoms with Gasteiger partial charge in [-0.3, -0.25) is 4.79 Å². The number of carbonyl (C=O) groups excluding carboxylic acids is 1. The van der Waals surface area contributed by atoms with E-state index in [0.29, 0.717) is 20.6 Å². The summed E-state index contributed by atoms with van der Waals surface area (Å²) in [6, 6.07) is 6.80. The van der Waals surface area contributed by atoms with E-state index in [2.05, 4.69) is 21.2 Å². The molecule has 2 rings (SSSR count). The fourth-order valence-corrected chi connectivity index (χ4v) is 3.79. The van der Waals surface area contributed by atoms with Crippen molar-refractivity contribution in [3.63, 3.8) is 0 Å². The van der Waals surface area contributed by atoms with Gasteiger partial charge in [0.05, 0.1) is 9.35 Å². The van der Waals surface area contributed by atoms with Gasteiger partial charge in [0.25, 0.3) is 0 Å². The topological polar surface area (TPSA) is 113 Å². The molecule has 2 aromatic rings. The molecular weight excluding hydrogens is 402 g/mol. The summed E-state index contributed by atoms with van der Waals surface area (Å²) in [6.07, 6.45) is 0. The van der Waals surface area contributed by atoms with Gasteiger partial charge in [0.1, 0.15) is 0 Å². The van der Waals surface area contributed by atoms with Gasteiger partial charge in [-0.25, -0.2) is 9.59 Å². The van der Waals surface area contributed by atoms with Gasteiger partial charge in [-0.05, 0) is 33.6 Å². The summed E-state index contributed by atoms with van der Waals surface area (Å²) >= 11 is 4.24. The second kappa shape index (κ2) is 7.45. The van der Waals surface area contributed by atoms with E-state index in [1.165, 1.54) is 6.92 Å². The van der Waals surface area contributed by atoms with Crippen LogP contribution in [0.4, 0.5) is 5.69 Å². The van der Waals surface area contributed by atoms with Crippen molar-refractivity contribution in [3.8, 4) is 16.2 Å². The van der Waals surface area contributed by atoms with Gasteiger partial charge in [-0.1, -0.05) is 12.1 Å². The van der Waals surface area contributed by atoms with Crippen LogP contribution >= 0.6 is 27.3 Å². The van der Waals surface area contributed by atoms with E-state index in [1.54, 1.807) is 24.3 Å². The third kappa shape index (κ3) is 4.12. The molecule has 0 aliphatic carbocycles. The minimum Gasteiger partial charge on any atom is -0.479 e. The lowest BCUT2D eigenvalue weighted by molar-refractivity contribution is -0.139. The number of carboxylic acid groups (broad SMARTS) is 2. The lowest BCUT2D eigenvalue weighted by Crippen LogP contribution is -2.11. The Morgan fingerprint density at radius 2 is 1.83 bits per heavy atom. The molecule has 9 heteroatoms. The molecule has 3 N–H and O–H groups in total. The van der Waals surface area contributed by atoms with Gasteiger partial charge in [-0.15, -0.1) is 11.3 Å². The summed E-state index contributed by atoms with van der Waals surface area (Å²) < 4.78 is 5.47. The van der Waals surface area contributed by atoms with Gasteiger partial charge in [0.2, 0.25) is 5.91 Å². The number of carboxylic acids is 2. The predicted molar refractivity (Wildman–Crippen MR) is 91.8 cm³/mol. The van der Waals surface area contributed by atoms with Crippen LogP contribution in [-0.4, -0.2) is 34.7 Å². The fraction of sp³-hybridized carbons (Fsp3) is 0.133. The number of nitrogens with one attached hydrogen (secondary N) is 1. The summed E-state index contributed by atoms with van der Waals surface area (Å²) in [5.41, 5.74) is 1.31. The lowest BCUT2D eigenvalue weighted by atomic mass is 10.1. The quantitative estimate of drug-likeness (QED) is 0.669. The molecule has 0 atom stereocenters. The number of aromatic carboxylic acids is 1. The summed E-state index contributed by atoms with van der Waals surface area (Å²) in [6.45, 7) is 0.755. The van der Waals surface area contributed by atoms with Gasteiger partial charge < -0.3 is 20.3 Å². The maximum absolute atomic E-state index is 11.4. The van der Waals surface area contributed by atoms with Crippen molar-refractivity contribution in [1.82, 2.24) is 0 Å². The van der Waals surface area contributed by atoms with Crippen LogP contribution in [0, 0.1) is 0 Å². The monoisotopic (exact) mass is 413 g/mol. The Hall–Kier alpha value is -2.39. The summed E-state index contributed by atoms with van der Waals surface area (Å²) in [4.78, 5) is 33.5. The van der Waals surface area contributed by atoms with Crippen LogP contribution < -0.4 is 10.1 Å². The minimum atomic E-state index is -1.21. The third-order valence-corrected chi connectivity index (χ3v) is 5.04. The van der Waals surface area contributed by atoms with Crippen LogP contribution in [0.15, 0.2) is 28.7 Å². The zero-order chi connectivity index (χ0) is 17.9. The van der Waals surface area contributed by atoms with Gasteiger partial charge in [0, 0.05) is 12.6 Å². The summed E-state index contributed by atoms with van der Waals surface area (Å²) in [5, 5.41) is 20.6. The third-order valence-electron chi connectivity index (χ3n) is 2.81. The zero-order valence-electron chi connectivity index (χ0n) is 12.3. The Kier molecular flexibility index (Phi) is 5.58. The molecule has 7 nitrogen and oxygen atoms in total.